The molecule has 29 heavy (non-hydrogen) atoms. The van der Waals surface area contributed by atoms with Crippen LogP contribution in [-0.4, -0.2) is 79.5 Å². The third-order valence-corrected chi connectivity index (χ3v) is 7.71. The number of carbonyl (C=O) groups is 1. The van der Waals surface area contributed by atoms with Gasteiger partial charge in [0, 0.05) is 32.2 Å². The number of likely N-dealkylation sites (tertiary alicyclic amines) is 1. The van der Waals surface area contributed by atoms with E-state index in [4.69, 9.17) is 9.47 Å². The van der Waals surface area contributed by atoms with Crippen LogP contribution in [-0.2, 0) is 14.9 Å². The number of fused-ring (bicyclic) bond motifs is 1. The quantitative estimate of drug-likeness (QED) is 0.833. The first-order valence-electron chi connectivity index (χ1n) is 11.0. The van der Waals surface area contributed by atoms with Crippen LogP contribution in [0.2, 0.25) is 0 Å². The summed E-state index contributed by atoms with van der Waals surface area (Å²) in [6.45, 7) is 4.96. The molecule has 1 N–H and O–H groups in total. The van der Waals surface area contributed by atoms with Gasteiger partial charge in [0.1, 0.15) is 5.75 Å². The lowest BCUT2D eigenvalue weighted by molar-refractivity contribution is -0.133. The molecule has 2 saturated carbocycles. The van der Waals surface area contributed by atoms with Crippen molar-refractivity contribution >= 4 is 5.91 Å². The van der Waals surface area contributed by atoms with E-state index in [9.17, 15) is 9.90 Å². The SMILES string of the molecule is COc1ccc(C2(C(=O)N3C[C@H]4C[C@@H](N5CCOCC5)[C@H](O)C[C@H]4C3)CC2)cc1. The Bertz CT molecular complexity index is 742. The van der Waals surface area contributed by atoms with E-state index in [1.165, 1.54) is 0 Å². The molecule has 0 radical (unpaired) electrons. The zero-order chi connectivity index (χ0) is 20.0. The van der Waals surface area contributed by atoms with Crippen LogP contribution < -0.4 is 4.74 Å². The minimum absolute atomic E-state index is 0.215. The number of ether oxygens (including phenoxy) is 2. The van der Waals surface area contributed by atoms with Crippen LogP contribution in [0.3, 0.4) is 0 Å². The van der Waals surface area contributed by atoms with E-state index >= 15 is 0 Å². The third-order valence-electron chi connectivity index (χ3n) is 7.71. The van der Waals surface area contributed by atoms with Gasteiger partial charge in [-0.25, -0.2) is 0 Å². The van der Waals surface area contributed by atoms with Crippen molar-refractivity contribution in [1.29, 1.82) is 0 Å². The van der Waals surface area contributed by atoms with Crippen molar-refractivity contribution in [3.8, 4) is 5.75 Å². The molecule has 0 unspecified atom stereocenters. The molecule has 2 aliphatic carbocycles. The lowest BCUT2D eigenvalue weighted by Crippen LogP contribution is -2.53. The van der Waals surface area contributed by atoms with Crippen LogP contribution in [0.25, 0.3) is 0 Å². The Morgan fingerprint density at radius 2 is 1.76 bits per heavy atom. The van der Waals surface area contributed by atoms with Crippen molar-refractivity contribution in [2.75, 3.05) is 46.5 Å². The number of nitrogens with zero attached hydrogens (tertiary/aromatic N) is 2. The lowest BCUT2D eigenvalue weighted by Gasteiger charge is -2.43. The number of morpholine rings is 1. The Kier molecular flexibility index (Phi) is 5.04. The maximum absolute atomic E-state index is 13.5. The molecule has 1 amide bonds. The number of aliphatic hydroxyl groups is 1. The molecular formula is C23H32N2O4. The predicted octanol–water partition coefficient (Wildman–Crippen LogP) is 1.66. The van der Waals surface area contributed by atoms with Crippen LogP contribution in [0.15, 0.2) is 24.3 Å². The fraction of sp³-hybridized carbons (Fsp3) is 0.696. The van der Waals surface area contributed by atoms with Gasteiger partial charge in [0.25, 0.3) is 0 Å². The average molecular weight is 401 g/mol. The van der Waals surface area contributed by atoms with Gasteiger partial charge >= 0.3 is 0 Å². The molecule has 2 aliphatic heterocycles. The van der Waals surface area contributed by atoms with Gasteiger partial charge < -0.3 is 19.5 Å². The average Bonchev–Trinajstić information content (AvgIpc) is 3.47. The molecule has 2 heterocycles. The summed E-state index contributed by atoms with van der Waals surface area (Å²) < 4.78 is 10.7. The van der Waals surface area contributed by atoms with Gasteiger partial charge in [0.05, 0.1) is 31.8 Å². The van der Waals surface area contributed by atoms with Crippen LogP contribution >= 0.6 is 0 Å². The summed E-state index contributed by atoms with van der Waals surface area (Å²) in [4.78, 5) is 18.0. The predicted molar refractivity (Wildman–Crippen MR) is 109 cm³/mol. The highest BCUT2D eigenvalue weighted by atomic mass is 16.5. The number of hydrogen-bond acceptors (Lipinski definition) is 5. The Labute approximate surface area is 172 Å². The normalized spacial score (nSPS) is 33.9. The van der Waals surface area contributed by atoms with Crippen molar-refractivity contribution < 1.29 is 19.4 Å². The van der Waals surface area contributed by atoms with Crippen LogP contribution in [0.1, 0.15) is 31.2 Å². The Hall–Kier alpha value is -1.63. The van der Waals surface area contributed by atoms with Crippen molar-refractivity contribution in [3.05, 3.63) is 29.8 Å². The smallest absolute Gasteiger partial charge is 0.233 e. The fourth-order valence-electron chi connectivity index (χ4n) is 5.84. The van der Waals surface area contributed by atoms with Crippen molar-refractivity contribution in [2.45, 2.75) is 43.2 Å². The second kappa shape index (κ2) is 7.56. The van der Waals surface area contributed by atoms with Gasteiger partial charge in [-0.05, 0) is 55.2 Å². The summed E-state index contributed by atoms with van der Waals surface area (Å²) >= 11 is 0. The van der Waals surface area contributed by atoms with E-state index in [0.717, 1.165) is 76.4 Å². The molecule has 1 aromatic carbocycles. The number of aliphatic hydroxyl groups excluding tert-OH is 1. The first-order valence-corrected chi connectivity index (χ1v) is 11.0. The number of benzene rings is 1. The topological polar surface area (TPSA) is 62.2 Å². The number of methoxy groups -OCH3 is 1. The molecule has 6 heteroatoms. The van der Waals surface area contributed by atoms with E-state index in [0.29, 0.717) is 11.8 Å². The van der Waals surface area contributed by atoms with E-state index in [1.54, 1.807) is 7.11 Å². The van der Waals surface area contributed by atoms with Gasteiger partial charge in [0.15, 0.2) is 0 Å². The van der Waals surface area contributed by atoms with E-state index in [2.05, 4.69) is 9.80 Å². The molecule has 2 saturated heterocycles. The number of carbonyl (C=O) groups excluding carboxylic acids is 1. The number of hydrogen-bond donors (Lipinski definition) is 1. The minimum Gasteiger partial charge on any atom is -0.497 e. The number of amides is 1. The largest absolute Gasteiger partial charge is 0.497 e. The molecule has 4 atom stereocenters. The van der Waals surface area contributed by atoms with Gasteiger partial charge in [0.2, 0.25) is 5.91 Å². The molecule has 4 aliphatic rings. The third kappa shape index (κ3) is 3.45. The van der Waals surface area contributed by atoms with E-state index in [-0.39, 0.29) is 23.5 Å². The minimum atomic E-state index is -0.331. The second-order valence-electron chi connectivity index (χ2n) is 9.30. The first kappa shape index (κ1) is 19.3. The molecule has 0 spiro atoms. The van der Waals surface area contributed by atoms with Crippen LogP contribution in [0.5, 0.6) is 5.75 Å². The summed E-state index contributed by atoms with van der Waals surface area (Å²) in [5.41, 5.74) is 0.784. The Morgan fingerprint density at radius 3 is 2.38 bits per heavy atom. The maximum Gasteiger partial charge on any atom is 0.233 e. The van der Waals surface area contributed by atoms with Gasteiger partial charge in [-0.15, -0.1) is 0 Å². The second-order valence-corrected chi connectivity index (χ2v) is 9.30. The molecule has 4 fully saturated rings. The van der Waals surface area contributed by atoms with Gasteiger partial charge in [-0.1, -0.05) is 12.1 Å². The monoisotopic (exact) mass is 400 g/mol. The zero-order valence-electron chi connectivity index (χ0n) is 17.3. The maximum atomic E-state index is 13.5. The molecule has 158 valence electrons. The fourth-order valence-corrected chi connectivity index (χ4v) is 5.84. The van der Waals surface area contributed by atoms with Gasteiger partial charge in [-0.3, -0.25) is 9.69 Å². The molecule has 0 aromatic heterocycles. The summed E-state index contributed by atoms with van der Waals surface area (Å²) in [6, 6.07) is 8.22. The van der Waals surface area contributed by atoms with E-state index < -0.39 is 0 Å². The van der Waals surface area contributed by atoms with Crippen molar-refractivity contribution in [3.63, 3.8) is 0 Å². The van der Waals surface area contributed by atoms with Gasteiger partial charge in [-0.2, -0.15) is 0 Å². The Balaban J connectivity index is 1.27. The Morgan fingerprint density at radius 1 is 1.10 bits per heavy atom. The zero-order valence-corrected chi connectivity index (χ0v) is 17.3. The summed E-state index contributed by atoms with van der Waals surface area (Å²) in [7, 11) is 1.66. The summed E-state index contributed by atoms with van der Waals surface area (Å²) in [5, 5.41) is 10.8. The lowest BCUT2D eigenvalue weighted by atomic mass is 9.77. The summed E-state index contributed by atoms with van der Waals surface area (Å²) in [6.07, 6.45) is 3.38. The standard InChI is InChI=1S/C23H32N2O4/c1-28-19-4-2-18(3-5-19)23(6-7-23)22(27)25-14-16-12-20(21(26)13-17(16)15-25)24-8-10-29-11-9-24/h2-5,16-17,20-21,26H,6-15H2,1H3/t16-,17+,20-,21-/m1/s1. The van der Waals surface area contributed by atoms with E-state index in [1.807, 2.05) is 24.3 Å². The molecule has 0 bridgehead atoms. The number of rotatable bonds is 4. The van der Waals surface area contributed by atoms with Crippen LogP contribution in [0, 0.1) is 11.8 Å². The highest BCUT2D eigenvalue weighted by Crippen LogP contribution is 2.51. The van der Waals surface area contributed by atoms with Crippen LogP contribution in [0.4, 0.5) is 0 Å². The molecule has 1 aromatic rings. The molecule has 5 rings (SSSR count). The highest BCUT2D eigenvalue weighted by Gasteiger charge is 2.55. The van der Waals surface area contributed by atoms with Crippen molar-refractivity contribution in [1.82, 2.24) is 9.80 Å². The van der Waals surface area contributed by atoms with Crippen molar-refractivity contribution in [2.24, 2.45) is 11.8 Å². The molecular weight excluding hydrogens is 368 g/mol. The summed E-state index contributed by atoms with van der Waals surface area (Å²) in [5.74, 6) is 2.04. The first-order chi connectivity index (χ1) is 14.1. The molecule has 6 nitrogen and oxygen atoms in total. The highest BCUT2D eigenvalue weighted by molar-refractivity contribution is 5.91.